The van der Waals surface area contributed by atoms with Crippen LogP contribution in [0.5, 0.6) is 0 Å². The van der Waals surface area contributed by atoms with Crippen molar-refractivity contribution in [2.75, 3.05) is 0 Å². The van der Waals surface area contributed by atoms with Gasteiger partial charge in [0.05, 0.1) is 11.1 Å². The largest absolute Gasteiger partial charge is 0.416 e. The van der Waals surface area contributed by atoms with E-state index in [1.165, 1.54) is 12.2 Å². The first kappa shape index (κ1) is 14.9. The van der Waals surface area contributed by atoms with Gasteiger partial charge in [0.25, 0.3) is 0 Å². The van der Waals surface area contributed by atoms with Crippen LogP contribution in [0.1, 0.15) is 29.5 Å². The van der Waals surface area contributed by atoms with E-state index in [2.05, 4.69) is 0 Å². The highest BCUT2D eigenvalue weighted by atomic mass is 19.4. The zero-order chi connectivity index (χ0) is 15.2. The lowest BCUT2D eigenvalue weighted by Gasteiger charge is -2.24. The molecule has 1 N–H and O–H groups in total. The second kappa shape index (κ2) is 4.51. The van der Waals surface area contributed by atoms with Gasteiger partial charge < -0.3 is 5.11 Å². The van der Waals surface area contributed by atoms with Crippen molar-refractivity contribution in [1.82, 2.24) is 0 Å². The summed E-state index contributed by atoms with van der Waals surface area (Å²) < 4.78 is 76.1. The molecule has 0 aromatic heterocycles. The van der Waals surface area contributed by atoms with E-state index in [-0.39, 0.29) is 12.5 Å². The Bertz CT molecular complexity index is 511. The van der Waals surface area contributed by atoms with Crippen LogP contribution in [0.3, 0.4) is 0 Å². The minimum atomic E-state index is -4.91. The van der Waals surface area contributed by atoms with Crippen LogP contribution in [-0.2, 0) is 18.0 Å². The molecule has 1 aromatic rings. The monoisotopic (exact) mass is 296 g/mol. The van der Waals surface area contributed by atoms with E-state index in [1.54, 1.807) is 0 Å². The Kier molecular flexibility index (Phi) is 3.36. The van der Waals surface area contributed by atoms with Gasteiger partial charge in [-0.2, -0.15) is 26.3 Å². The second-order valence-corrected chi connectivity index (χ2v) is 4.66. The van der Waals surface area contributed by atoms with Gasteiger partial charge in [-0.05, 0) is 36.6 Å². The van der Waals surface area contributed by atoms with E-state index in [9.17, 15) is 31.4 Å². The molecule has 0 saturated heterocycles. The Hall–Kier alpha value is -1.50. The Morgan fingerprint density at radius 1 is 0.900 bits per heavy atom. The van der Waals surface area contributed by atoms with E-state index >= 15 is 0 Å². The van der Waals surface area contributed by atoms with Crippen molar-refractivity contribution in [2.24, 2.45) is 0 Å². The summed E-state index contributed by atoms with van der Waals surface area (Å²) in [4.78, 5) is 0. The predicted octanol–water partition coefficient (Wildman–Crippen LogP) is 4.26. The van der Waals surface area contributed by atoms with Crippen LogP contribution in [0.15, 0.2) is 30.4 Å². The van der Waals surface area contributed by atoms with Gasteiger partial charge in [0.2, 0.25) is 0 Å². The minimum Gasteiger partial charge on any atom is -0.381 e. The van der Waals surface area contributed by atoms with E-state index in [1.807, 2.05) is 0 Å². The topological polar surface area (TPSA) is 20.2 Å². The Labute approximate surface area is 110 Å². The molecule has 20 heavy (non-hydrogen) atoms. The quantitative estimate of drug-likeness (QED) is 0.606. The Morgan fingerprint density at radius 2 is 1.40 bits per heavy atom. The van der Waals surface area contributed by atoms with Crippen LogP contribution < -0.4 is 0 Å². The number of aliphatic hydroxyl groups is 1. The summed E-state index contributed by atoms with van der Waals surface area (Å²) in [5.74, 6) is 0. The van der Waals surface area contributed by atoms with Gasteiger partial charge in [0.1, 0.15) is 5.60 Å². The van der Waals surface area contributed by atoms with Crippen molar-refractivity contribution in [3.05, 3.63) is 47.0 Å². The highest BCUT2D eigenvalue weighted by molar-refractivity contribution is 5.39. The molecule has 2 rings (SSSR count). The van der Waals surface area contributed by atoms with Gasteiger partial charge in [-0.25, -0.2) is 0 Å². The maximum absolute atomic E-state index is 12.7. The van der Waals surface area contributed by atoms with Gasteiger partial charge in [-0.1, -0.05) is 12.2 Å². The first-order valence-electron chi connectivity index (χ1n) is 5.72. The predicted molar refractivity (Wildman–Crippen MR) is 58.7 cm³/mol. The molecule has 7 heteroatoms. The number of halogens is 6. The molecule has 1 aliphatic rings. The molecule has 0 radical (unpaired) electrons. The van der Waals surface area contributed by atoms with Crippen LogP contribution >= 0.6 is 0 Å². The van der Waals surface area contributed by atoms with Gasteiger partial charge in [0, 0.05) is 0 Å². The van der Waals surface area contributed by atoms with Crippen molar-refractivity contribution >= 4 is 0 Å². The fourth-order valence-corrected chi connectivity index (χ4v) is 2.11. The molecule has 110 valence electrons. The van der Waals surface area contributed by atoms with Gasteiger partial charge in [-0.15, -0.1) is 0 Å². The van der Waals surface area contributed by atoms with E-state index in [0.29, 0.717) is 18.6 Å². The van der Waals surface area contributed by atoms with Crippen LogP contribution in [0.4, 0.5) is 26.3 Å². The number of hydrogen-bond acceptors (Lipinski definition) is 1. The summed E-state index contributed by atoms with van der Waals surface area (Å²) in [7, 11) is 0. The molecule has 1 aromatic carbocycles. The first-order chi connectivity index (χ1) is 9.02. The molecule has 0 spiro atoms. The van der Waals surface area contributed by atoms with Crippen molar-refractivity contribution < 1.29 is 31.4 Å². The lowest BCUT2D eigenvalue weighted by molar-refractivity contribution is -0.143. The van der Waals surface area contributed by atoms with Gasteiger partial charge >= 0.3 is 12.4 Å². The second-order valence-electron chi connectivity index (χ2n) is 4.66. The van der Waals surface area contributed by atoms with Crippen LogP contribution in [0, 0.1) is 0 Å². The zero-order valence-corrected chi connectivity index (χ0v) is 10.0. The smallest absolute Gasteiger partial charge is 0.381 e. The molecule has 0 saturated carbocycles. The van der Waals surface area contributed by atoms with E-state index < -0.39 is 34.6 Å². The highest BCUT2D eigenvalue weighted by Gasteiger charge is 2.39. The maximum Gasteiger partial charge on any atom is 0.416 e. The van der Waals surface area contributed by atoms with Crippen molar-refractivity contribution in [3.63, 3.8) is 0 Å². The van der Waals surface area contributed by atoms with Crippen molar-refractivity contribution in [2.45, 2.75) is 30.8 Å². The Morgan fingerprint density at radius 3 is 1.75 bits per heavy atom. The summed E-state index contributed by atoms with van der Waals surface area (Å²) >= 11 is 0. The van der Waals surface area contributed by atoms with E-state index in [0.717, 1.165) is 0 Å². The highest BCUT2D eigenvalue weighted by Crippen LogP contribution is 2.41. The molecule has 0 amide bonds. The van der Waals surface area contributed by atoms with Crippen LogP contribution in [-0.4, -0.2) is 5.11 Å². The summed E-state index contributed by atoms with van der Waals surface area (Å²) in [6.07, 6.45) is -6.61. The molecule has 0 bridgehead atoms. The average Bonchev–Trinajstić information content (AvgIpc) is 2.75. The first-order valence-corrected chi connectivity index (χ1v) is 5.72. The molecule has 0 aliphatic heterocycles. The number of benzene rings is 1. The molecule has 0 fully saturated rings. The zero-order valence-electron chi connectivity index (χ0n) is 10.0. The maximum atomic E-state index is 12.7. The third-order valence-electron chi connectivity index (χ3n) is 3.17. The fourth-order valence-electron chi connectivity index (χ4n) is 2.11. The summed E-state index contributed by atoms with van der Waals surface area (Å²) in [6.45, 7) is 0. The Balaban J connectivity index is 2.60. The molecule has 1 aliphatic carbocycles. The van der Waals surface area contributed by atoms with Crippen molar-refractivity contribution in [3.8, 4) is 0 Å². The molecular formula is C13H10F6O. The van der Waals surface area contributed by atoms with Crippen LogP contribution in [0.25, 0.3) is 0 Å². The molecule has 1 atom stereocenters. The van der Waals surface area contributed by atoms with Crippen molar-refractivity contribution in [1.29, 1.82) is 0 Å². The molecular weight excluding hydrogens is 286 g/mol. The number of allylic oxidation sites excluding steroid dienone is 1. The summed E-state index contributed by atoms with van der Waals surface area (Å²) in [6, 6.07) is 1.17. The van der Waals surface area contributed by atoms with Crippen LogP contribution in [0.2, 0.25) is 0 Å². The number of alkyl halides is 6. The molecule has 1 unspecified atom stereocenters. The minimum absolute atomic E-state index is 0.0471. The third kappa shape index (κ3) is 2.82. The summed E-state index contributed by atoms with van der Waals surface area (Å²) in [5, 5.41) is 10.1. The average molecular weight is 296 g/mol. The standard InChI is InChI=1S/C13H10F6O/c14-12(15,16)9-5-8(11(20)3-1-2-4-11)6-10(7-9)13(17,18)19/h1,3,5-7,20H,2,4H2. The van der Waals surface area contributed by atoms with Gasteiger partial charge in [-0.3, -0.25) is 0 Å². The van der Waals surface area contributed by atoms with E-state index in [4.69, 9.17) is 0 Å². The lowest BCUT2D eigenvalue weighted by atomic mass is 9.90. The number of hydrogen-bond donors (Lipinski definition) is 1. The fraction of sp³-hybridized carbons (Fsp3) is 0.385. The van der Waals surface area contributed by atoms with Gasteiger partial charge in [0.15, 0.2) is 0 Å². The number of rotatable bonds is 1. The molecule has 1 nitrogen and oxygen atoms in total. The third-order valence-corrected chi connectivity index (χ3v) is 3.17. The summed E-state index contributed by atoms with van der Waals surface area (Å²) in [5.41, 5.74) is -5.01. The lowest BCUT2D eigenvalue weighted by Crippen LogP contribution is -2.22. The normalized spacial score (nSPS) is 23.4. The SMILES string of the molecule is OC1(c2cc(C(F)(F)F)cc(C(F)(F)F)c2)C=CCC1. The molecule has 0 heterocycles.